The third kappa shape index (κ3) is 4.49. The number of nitrogens with one attached hydrogen (secondary N) is 1. The van der Waals surface area contributed by atoms with Gasteiger partial charge in [-0.25, -0.2) is 4.98 Å². The molecule has 0 radical (unpaired) electrons. The highest BCUT2D eigenvalue weighted by Gasteiger charge is 2.32. The highest BCUT2D eigenvalue weighted by molar-refractivity contribution is 7.13. The molecule has 0 fully saturated rings. The molecule has 1 aromatic heterocycles. The summed E-state index contributed by atoms with van der Waals surface area (Å²) in [6.07, 6.45) is 4.80. The average Bonchev–Trinajstić information content (AvgIpc) is 2.78. The second-order valence-corrected chi connectivity index (χ2v) is 6.37. The van der Waals surface area contributed by atoms with Crippen LogP contribution in [-0.2, 0) is 10.2 Å². The predicted octanol–water partition coefficient (Wildman–Crippen LogP) is 3.89. The zero-order chi connectivity index (χ0) is 14.5. The Morgan fingerprint density at radius 3 is 2.79 bits per heavy atom. The fourth-order valence-electron chi connectivity index (χ4n) is 1.72. The number of nitrogens with zero attached hydrogens (tertiary/aromatic N) is 1. The molecule has 108 valence electrons. The summed E-state index contributed by atoms with van der Waals surface area (Å²) in [5.74, 6) is -0.847. The first-order valence-electron chi connectivity index (χ1n) is 6.83. The van der Waals surface area contributed by atoms with Crippen molar-refractivity contribution in [2.24, 2.45) is 0 Å². The first-order chi connectivity index (χ1) is 8.87. The van der Waals surface area contributed by atoms with Gasteiger partial charge in [0.05, 0.1) is 5.69 Å². The van der Waals surface area contributed by atoms with Crippen molar-refractivity contribution in [2.75, 3.05) is 5.32 Å². The van der Waals surface area contributed by atoms with Gasteiger partial charge >= 0.3 is 5.97 Å². The highest BCUT2D eigenvalue weighted by atomic mass is 32.1. The molecule has 0 spiro atoms. The standard InChI is InChI=1S/C14H24N2O2S/c1-5-6-7-8-10(2)15-13-16-11(9-19-13)14(3,4)12(17)18/h9-10H,5-8H2,1-4H3,(H,15,16)(H,17,18). The summed E-state index contributed by atoms with van der Waals surface area (Å²) >= 11 is 1.48. The van der Waals surface area contributed by atoms with Crippen LogP contribution in [0.2, 0.25) is 0 Å². The van der Waals surface area contributed by atoms with Gasteiger partial charge in [-0.3, -0.25) is 4.79 Å². The molecule has 0 saturated heterocycles. The maximum atomic E-state index is 11.2. The Hall–Kier alpha value is -1.10. The van der Waals surface area contributed by atoms with E-state index in [0.29, 0.717) is 11.7 Å². The highest BCUT2D eigenvalue weighted by Crippen LogP contribution is 2.27. The molecule has 0 amide bonds. The molecule has 0 aromatic carbocycles. The largest absolute Gasteiger partial charge is 0.481 e. The molecular weight excluding hydrogens is 260 g/mol. The van der Waals surface area contributed by atoms with Crippen molar-refractivity contribution >= 4 is 22.4 Å². The van der Waals surface area contributed by atoms with Crippen LogP contribution in [0.3, 0.4) is 0 Å². The lowest BCUT2D eigenvalue weighted by atomic mass is 9.90. The van der Waals surface area contributed by atoms with Gasteiger partial charge in [-0.2, -0.15) is 0 Å². The van der Waals surface area contributed by atoms with Crippen molar-refractivity contribution < 1.29 is 9.90 Å². The number of hydrogen-bond donors (Lipinski definition) is 2. The van der Waals surface area contributed by atoms with Crippen LogP contribution >= 0.6 is 11.3 Å². The maximum absolute atomic E-state index is 11.2. The lowest BCUT2D eigenvalue weighted by molar-refractivity contribution is -0.142. The van der Waals surface area contributed by atoms with Crippen molar-refractivity contribution in [3.63, 3.8) is 0 Å². The SMILES string of the molecule is CCCCCC(C)Nc1nc(C(C)(C)C(=O)O)cs1. The molecule has 1 heterocycles. The number of carboxylic acid groups (broad SMARTS) is 1. The number of unbranched alkanes of at least 4 members (excludes halogenated alkanes) is 2. The quantitative estimate of drug-likeness (QED) is 0.711. The molecule has 2 N–H and O–H groups in total. The maximum Gasteiger partial charge on any atom is 0.315 e. The molecule has 1 aromatic rings. The minimum absolute atomic E-state index is 0.374. The third-order valence-electron chi connectivity index (χ3n) is 3.29. The zero-order valence-corrected chi connectivity index (χ0v) is 13.0. The summed E-state index contributed by atoms with van der Waals surface area (Å²) in [5.41, 5.74) is -0.310. The van der Waals surface area contributed by atoms with Crippen LogP contribution in [0.15, 0.2) is 5.38 Å². The molecule has 1 atom stereocenters. The zero-order valence-electron chi connectivity index (χ0n) is 12.2. The molecular formula is C14H24N2O2S. The minimum Gasteiger partial charge on any atom is -0.481 e. The number of hydrogen-bond acceptors (Lipinski definition) is 4. The van der Waals surface area contributed by atoms with E-state index in [1.54, 1.807) is 13.8 Å². The Kier molecular flexibility index (Phi) is 5.79. The van der Waals surface area contributed by atoms with E-state index in [-0.39, 0.29) is 0 Å². The Labute approximate surface area is 119 Å². The monoisotopic (exact) mass is 284 g/mol. The average molecular weight is 284 g/mol. The molecule has 5 heteroatoms. The molecule has 4 nitrogen and oxygen atoms in total. The molecule has 19 heavy (non-hydrogen) atoms. The number of anilines is 1. The molecule has 0 aliphatic carbocycles. The predicted molar refractivity (Wildman–Crippen MR) is 80.0 cm³/mol. The Morgan fingerprint density at radius 2 is 2.21 bits per heavy atom. The van der Waals surface area contributed by atoms with Gasteiger partial charge in [0.2, 0.25) is 0 Å². The number of aliphatic carboxylic acids is 1. The Morgan fingerprint density at radius 1 is 1.53 bits per heavy atom. The number of carbonyl (C=O) groups is 1. The van der Waals surface area contributed by atoms with Gasteiger partial charge in [-0.15, -0.1) is 11.3 Å². The van der Waals surface area contributed by atoms with E-state index in [0.717, 1.165) is 11.6 Å². The van der Waals surface area contributed by atoms with Crippen molar-refractivity contribution in [3.05, 3.63) is 11.1 Å². The van der Waals surface area contributed by atoms with E-state index >= 15 is 0 Å². The summed E-state index contributed by atoms with van der Waals surface area (Å²) < 4.78 is 0. The number of carboxylic acids is 1. The van der Waals surface area contributed by atoms with Crippen LogP contribution in [0.1, 0.15) is 59.1 Å². The van der Waals surface area contributed by atoms with Gasteiger partial charge in [0, 0.05) is 11.4 Å². The summed E-state index contributed by atoms with van der Waals surface area (Å²) in [7, 11) is 0. The van der Waals surface area contributed by atoms with E-state index < -0.39 is 11.4 Å². The summed E-state index contributed by atoms with van der Waals surface area (Å²) in [6, 6.07) is 0.374. The van der Waals surface area contributed by atoms with E-state index in [1.807, 2.05) is 5.38 Å². The van der Waals surface area contributed by atoms with E-state index in [4.69, 9.17) is 0 Å². The topological polar surface area (TPSA) is 62.2 Å². The van der Waals surface area contributed by atoms with Gasteiger partial charge in [0.1, 0.15) is 5.41 Å². The van der Waals surface area contributed by atoms with Crippen LogP contribution in [-0.4, -0.2) is 22.1 Å². The molecule has 0 aliphatic rings. The van der Waals surface area contributed by atoms with Crippen LogP contribution in [0.5, 0.6) is 0 Å². The minimum atomic E-state index is -0.929. The van der Waals surface area contributed by atoms with E-state index in [9.17, 15) is 9.90 Å². The lowest BCUT2D eigenvalue weighted by Crippen LogP contribution is -2.29. The smallest absolute Gasteiger partial charge is 0.315 e. The Bertz CT molecular complexity index is 415. The second kappa shape index (κ2) is 6.89. The summed E-state index contributed by atoms with van der Waals surface area (Å²) in [6.45, 7) is 7.69. The second-order valence-electron chi connectivity index (χ2n) is 5.51. The van der Waals surface area contributed by atoms with Crippen LogP contribution < -0.4 is 5.32 Å². The van der Waals surface area contributed by atoms with E-state index in [2.05, 4.69) is 24.1 Å². The summed E-state index contributed by atoms with van der Waals surface area (Å²) in [5, 5.41) is 15.2. The summed E-state index contributed by atoms with van der Waals surface area (Å²) in [4.78, 5) is 15.6. The van der Waals surface area contributed by atoms with Gasteiger partial charge in [-0.1, -0.05) is 26.2 Å². The first-order valence-corrected chi connectivity index (χ1v) is 7.71. The van der Waals surface area contributed by atoms with Gasteiger partial charge in [-0.05, 0) is 27.2 Å². The molecule has 0 bridgehead atoms. The number of aromatic nitrogens is 1. The van der Waals surface area contributed by atoms with E-state index in [1.165, 1.54) is 30.6 Å². The van der Waals surface area contributed by atoms with Crippen molar-refractivity contribution in [1.29, 1.82) is 0 Å². The van der Waals surface area contributed by atoms with Gasteiger partial charge < -0.3 is 10.4 Å². The molecule has 1 unspecified atom stereocenters. The molecule has 0 aliphatic heterocycles. The number of thiazole rings is 1. The van der Waals surface area contributed by atoms with Gasteiger partial charge in [0.25, 0.3) is 0 Å². The third-order valence-corrected chi connectivity index (χ3v) is 4.06. The van der Waals surface area contributed by atoms with Crippen molar-refractivity contribution in [1.82, 2.24) is 4.98 Å². The fourth-order valence-corrected chi connectivity index (χ4v) is 2.71. The Balaban J connectivity index is 2.58. The molecule has 1 rings (SSSR count). The van der Waals surface area contributed by atoms with Crippen molar-refractivity contribution in [2.45, 2.75) is 64.8 Å². The first kappa shape index (κ1) is 16.0. The van der Waals surface area contributed by atoms with Crippen LogP contribution in [0.25, 0.3) is 0 Å². The number of rotatable bonds is 8. The lowest BCUT2D eigenvalue weighted by Gasteiger charge is -2.16. The fraction of sp³-hybridized carbons (Fsp3) is 0.714. The molecule has 0 saturated carbocycles. The normalized spacial score (nSPS) is 13.3. The van der Waals surface area contributed by atoms with Crippen LogP contribution in [0.4, 0.5) is 5.13 Å². The van der Waals surface area contributed by atoms with Crippen LogP contribution in [0, 0.1) is 0 Å². The van der Waals surface area contributed by atoms with Crippen molar-refractivity contribution in [3.8, 4) is 0 Å². The van der Waals surface area contributed by atoms with Gasteiger partial charge in [0.15, 0.2) is 5.13 Å².